The van der Waals surface area contributed by atoms with E-state index in [1.165, 1.54) is 16.7 Å². The molecule has 4 aromatic rings. The van der Waals surface area contributed by atoms with Gasteiger partial charge in [-0.2, -0.15) is 0 Å². The van der Waals surface area contributed by atoms with E-state index in [0.717, 1.165) is 53.3 Å². The predicted octanol–water partition coefficient (Wildman–Crippen LogP) is 6.71. The Morgan fingerprint density at radius 2 is 1.53 bits per heavy atom. The number of benzene rings is 3. The average molecular weight is 429 g/mol. The van der Waals surface area contributed by atoms with Crippen molar-refractivity contribution in [2.75, 3.05) is 6.61 Å². The number of unbranched alkanes of at least 4 members (excludes halogenated alkanes) is 1. The molecule has 1 aromatic heterocycles. The minimum absolute atomic E-state index is 0.456. The lowest BCUT2D eigenvalue weighted by Crippen LogP contribution is -2.09. The Bertz CT molecular complexity index is 1210. The monoisotopic (exact) mass is 428 g/mol. The number of rotatable bonds is 9. The lowest BCUT2D eigenvalue weighted by Gasteiger charge is -2.13. The Balaban J connectivity index is 1.40. The summed E-state index contributed by atoms with van der Waals surface area (Å²) in [6.45, 7) is 10.4. The molecule has 0 aliphatic rings. The normalized spacial score (nSPS) is 11.1. The highest BCUT2D eigenvalue weighted by molar-refractivity contribution is 5.75. The summed E-state index contributed by atoms with van der Waals surface area (Å²) < 4.78 is 14.5. The fourth-order valence-electron chi connectivity index (χ4n) is 4.01. The number of para-hydroxylation sites is 2. The molecule has 0 N–H and O–H groups in total. The molecule has 4 rings (SSSR count). The summed E-state index contributed by atoms with van der Waals surface area (Å²) in [4.78, 5) is 4.85. The molecule has 4 nitrogen and oxygen atoms in total. The molecule has 0 atom stereocenters. The quantitative estimate of drug-likeness (QED) is 0.278. The van der Waals surface area contributed by atoms with E-state index >= 15 is 0 Å². The van der Waals surface area contributed by atoms with Crippen LogP contribution in [0.4, 0.5) is 0 Å². The van der Waals surface area contributed by atoms with Gasteiger partial charge in [-0.1, -0.05) is 42.0 Å². The summed E-state index contributed by atoms with van der Waals surface area (Å²) in [5.74, 6) is 2.86. The van der Waals surface area contributed by atoms with E-state index in [9.17, 15) is 0 Å². The molecule has 0 amide bonds. The number of aryl methyl sites for hydroxylation is 5. The van der Waals surface area contributed by atoms with E-state index in [1.807, 2.05) is 6.07 Å². The van der Waals surface area contributed by atoms with Crippen molar-refractivity contribution in [3.05, 3.63) is 88.7 Å². The highest BCUT2D eigenvalue weighted by Crippen LogP contribution is 2.23. The van der Waals surface area contributed by atoms with E-state index in [4.69, 9.17) is 14.5 Å². The standard InChI is InChI=1S/C28H32N2O2/c1-20-12-14-26(23(4)17-20)31-16-8-7-15-30-25-10-6-5-9-24(25)29-28(30)19-32-27-18-21(2)11-13-22(27)3/h5-6,9-14,17-18H,7-8,15-16,19H2,1-4H3. The van der Waals surface area contributed by atoms with Crippen molar-refractivity contribution >= 4 is 11.0 Å². The summed E-state index contributed by atoms with van der Waals surface area (Å²) >= 11 is 0. The van der Waals surface area contributed by atoms with Crippen molar-refractivity contribution in [1.29, 1.82) is 0 Å². The van der Waals surface area contributed by atoms with Crippen molar-refractivity contribution < 1.29 is 9.47 Å². The molecule has 0 unspecified atom stereocenters. The molecule has 4 heteroatoms. The van der Waals surface area contributed by atoms with Crippen LogP contribution in [0.1, 0.15) is 40.9 Å². The first-order valence-electron chi connectivity index (χ1n) is 11.4. The number of hydrogen-bond donors (Lipinski definition) is 0. The predicted molar refractivity (Wildman–Crippen MR) is 131 cm³/mol. The highest BCUT2D eigenvalue weighted by Gasteiger charge is 2.12. The van der Waals surface area contributed by atoms with Crippen LogP contribution in [0.5, 0.6) is 11.5 Å². The summed E-state index contributed by atoms with van der Waals surface area (Å²) in [5, 5.41) is 0. The molecule has 0 saturated heterocycles. The van der Waals surface area contributed by atoms with Crippen molar-refractivity contribution in [1.82, 2.24) is 9.55 Å². The van der Waals surface area contributed by atoms with Crippen LogP contribution < -0.4 is 9.47 Å². The summed E-state index contributed by atoms with van der Waals surface area (Å²) in [5.41, 5.74) is 6.96. The topological polar surface area (TPSA) is 36.3 Å². The number of hydrogen-bond acceptors (Lipinski definition) is 3. The van der Waals surface area contributed by atoms with Crippen LogP contribution in [0.15, 0.2) is 60.7 Å². The van der Waals surface area contributed by atoms with Gasteiger partial charge in [-0.3, -0.25) is 0 Å². The average Bonchev–Trinajstić information content (AvgIpc) is 3.13. The van der Waals surface area contributed by atoms with Gasteiger partial charge in [0, 0.05) is 6.54 Å². The van der Waals surface area contributed by atoms with Crippen molar-refractivity contribution in [3.63, 3.8) is 0 Å². The van der Waals surface area contributed by atoms with Crippen molar-refractivity contribution in [2.24, 2.45) is 0 Å². The number of fused-ring (bicyclic) bond motifs is 1. The molecule has 32 heavy (non-hydrogen) atoms. The van der Waals surface area contributed by atoms with Gasteiger partial charge in [0.25, 0.3) is 0 Å². The summed E-state index contributed by atoms with van der Waals surface area (Å²) in [6, 6.07) is 20.9. The Hall–Kier alpha value is -3.27. The van der Waals surface area contributed by atoms with Crippen LogP contribution >= 0.6 is 0 Å². The smallest absolute Gasteiger partial charge is 0.147 e. The maximum atomic E-state index is 6.17. The Morgan fingerprint density at radius 1 is 0.750 bits per heavy atom. The first kappa shape index (κ1) is 21.9. The molecule has 1 heterocycles. The molecule has 0 saturated carbocycles. The number of imidazole rings is 1. The minimum Gasteiger partial charge on any atom is -0.493 e. The van der Waals surface area contributed by atoms with Crippen LogP contribution in [-0.4, -0.2) is 16.2 Å². The first-order valence-corrected chi connectivity index (χ1v) is 11.4. The SMILES string of the molecule is Cc1ccc(OCCCCn2c(COc3cc(C)ccc3C)nc3ccccc32)c(C)c1. The second-order valence-corrected chi connectivity index (χ2v) is 8.55. The maximum absolute atomic E-state index is 6.17. The Labute approximate surface area is 190 Å². The van der Waals surface area contributed by atoms with E-state index < -0.39 is 0 Å². The van der Waals surface area contributed by atoms with Gasteiger partial charge in [-0.05, 0) is 81.5 Å². The molecule has 0 aliphatic heterocycles. The van der Waals surface area contributed by atoms with Gasteiger partial charge >= 0.3 is 0 Å². The third-order valence-electron chi connectivity index (χ3n) is 5.80. The van der Waals surface area contributed by atoms with Gasteiger partial charge in [0.15, 0.2) is 0 Å². The number of ether oxygens (including phenoxy) is 2. The number of aromatic nitrogens is 2. The third-order valence-corrected chi connectivity index (χ3v) is 5.80. The zero-order chi connectivity index (χ0) is 22.5. The van der Waals surface area contributed by atoms with Crippen molar-refractivity contribution in [2.45, 2.75) is 53.7 Å². The van der Waals surface area contributed by atoms with Crippen LogP contribution in [0, 0.1) is 27.7 Å². The highest BCUT2D eigenvalue weighted by atomic mass is 16.5. The Morgan fingerprint density at radius 3 is 2.38 bits per heavy atom. The van der Waals surface area contributed by atoms with Crippen LogP contribution in [-0.2, 0) is 13.2 Å². The summed E-state index contributed by atoms with van der Waals surface area (Å²) in [7, 11) is 0. The maximum Gasteiger partial charge on any atom is 0.147 e. The van der Waals surface area contributed by atoms with E-state index in [1.54, 1.807) is 0 Å². The second kappa shape index (κ2) is 9.90. The zero-order valence-electron chi connectivity index (χ0n) is 19.5. The molecular weight excluding hydrogens is 396 g/mol. The minimum atomic E-state index is 0.456. The molecular formula is C28H32N2O2. The molecule has 3 aromatic carbocycles. The first-order chi connectivity index (χ1) is 15.5. The van der Waals surface area contributed by atoms with Crippen molar-refractivity contribution in [3.8, 4) is 11.5 Å². The fraction of sp³-hybridized carbons (Fsp3) is 0.321. The lowest BCUT2D eigenvalue weighted by atomic mass is 10.1. The Kier molecular flexibility index (Phi) is 6.79. The van der Waals surface area contributed by atoms with Crippen LogP contribution in [0.25, 0.3) is 11.0 Å². The molecule has 0 spiro atoms. The van der Waals surface area contributed by atoms with Gasteiger partial charge in [-0.25, -0.2) is 4.98 Å². The van der Waals surface area contributed by atoms with Crippen LogP contribution in [0.2, 0.25) is 0 Å². The van der Waals surface area contributed by atoms with Gasteiger partial charge < -0.3 is 14.0 Å². The van der Waals surface area contributed by atoms with E-state index in [0.29, 0.717) is 13.2 Å². The summed E-state index contributed by atoms with van der Waals surface area (Å²) in [6.07, 6.45) is 2.00. The lowest BCUT2D eigenvalue weighted by molar-refractivity contribution is 0.283. The molecule has 0 fully saturated rings. The molecule has 166 valence electrons. The largest absolute Gasteiger partial charge is 0.493 e. The molecule has 0 radical (unpaired) electrons. The molecule has 0 aliphatic carbocycles. The molecule has 0 bridgehead atoms. The van der Waals surface area contributed by atoms with Gasteiger partial charge in [0.05, 0.1) is 17.6 Å². The second-order valence-electron chi connectivity index (χ2n) is 8.55. The van der Waals surface area contributed by atoms with Crippen LogP contribution in [0.3, 0.4) is 0 Å². The van der Waals surface area contributed by atoms with Gasteiger partial charge in [0.1, 0.15) is 23.9 Å². The van der Waals surface area contributed by atoms with E-state index in [2.05, 4.69) is 86.9 Å². The van der Waals surface area contributed by atoms with Gasteiger partial charge in [0.2, 0.25) is 0 Å². The number of nitrogens with zero attached hydrogens (tertiary/aromatic N) is 2. The third kappa shape index (κ3) is 5.13. The van der Waals surface area contributed by atoms with E-state index in [-0.39, 0.29) is 0 Å². The zero-order valence-corrected chi connectivity index (χ0v) is 19.5. The fourth-order valence-corrected chi connectivity index (χ4v) is 4.01. The van der Waals surface area contributed by atoms with Gasteiger partial charge in [-0.15, -0.1) is 0 Å².